The molecule has 50 heavy (non-hydrogen) atoms. The first-order valence-electron chi connectivity index (χ1n) is 16.7. The molecule has 0 atom stereocenters. The average Bonchev–Trinajstić information content (AvgIpc) is 3.91. The van der Waals surface area contributed by atoms with E-state index in [0.29, 0.717) is 23.3 Å². The number of fused-ring (bicyclic) bond motifs is 7. The maximum Gasteiger partial charge on any atom is 0.226 e. The minimum absolute atomic E-state index is 0.524. The van der Waals surface area contributed by atoms with Gasteiger partial charge in [0, 0.05) is 47.0 Å². The highest BCUT2D eigenvalue weighted by molar-refractivity contribution is 6.32. The predicted molar refractivity (Wildman–Crippen MR) is 204 cm³/mol. The van der Waals surface area contributed by atoms with Crippen molar-refractivity contribution < 1.29 is 9.47 Å². The van der Waals surface area contributed by atoms with Crippen LogP contribution in [0, 0.1) is 0 Å². The largest absolute Gasteiger partial charge is 0.434 e. The van der Waals surface area contributed by atoms with Crippen molar-refractivity contribution in [1.29, 1.82) is 0 Å². The number of benzene rings is 6. The standard InChI is InChI=1S/C44H30N4O2/c1-45-43-39(27-21-23-37-33(25-27)31-17-9-11-19-35(31)47(37)29-13-5-3-6-14-29)41-42(49-43)40(44(46-2)50-41)28-22-24-38-34(26-28)32-18-10-12-20-36(32)48(38)30-15-7-4-8-16-30/h3-26H,1-2H3. The summed E-state index contributed by atoms with van der Waals surface area (Å²) in [5.41, 5.74) is 10.4. The number of aromatic nitrogens is 2. The molecule has 0 unspecified atom stereocenters. The fourth-order valence-electron chi connectivity index (χ4n) is 7.70. The van der Waals surface area contributed by atoms with Crippen molar-refractivity contribution in [2.75, 3.05) is 14.1 Å². The normalized spacial score (nSPS) is 16.0. The number of aliphatic imine (C=N–C) groups is 2. The van der Waals surface area contributed by atoms with Gasteiger partial charge in [0.05, 0.1) is 33.2 Å². The number of rotatable bonds is 4. The monoisotopic (exact) mass is 646 g/mol. The molecule has 2 aromatic heterocycles. The molecule has 0 spiro atoms. The Balaban J connectivity index is 1.17. The summed E-state index contributed by atoms with van der Waals surface area (Å²) >= 11 is 0. The Bertz CT molecular complexity index is 2620. The van der Waals surface area contributed by atoms with Gasteiger partial charge in [0.25, 0.3) is 0 Å². The van der Waals surface area contributed by atoms with Gasteiger partial charge in [-0.05, 0) is 71.8 Å². The van der Waals surface area contributed by atoms with E-state index in [1.165, 1.54) is 10.8 Å². The molecule has 2 aliphatic heterocycles. The summed E-state index contributed by atoms with van der Waals surface area (Å²) < 4.78 is 17.8. The quantitative estimate of drug-likeness (QED) is 0.191. The van der Waals surface area contributed by atoms with Crippen LogP contribution < -0.4 is 0 Å². The van der Waals surface area contributed by atoms with E-state index >= 15 is 0 Å². The summed E-state index contributed by atoms with van der Waals surface area (Å²) in [4.78, 5) is 9.21. The van der Waals surface area contributed by atoms with E-state index in [4.69, 9.17) is 9.47 Å². The summed E-state index contributed by atoms with van der Waals surface area (Å²) in [6.07, 6.45) is 0. The molecule has 6 aromatic carbocycles. The summed E-state index contributed by atoms with van der Waals surface area (Å²) in [5, 5.41) is 4.64. The molecule has 0 bridgehead atoms. The van der Waals surface area contributed by atoms with Crippen LogP contribution in [0.3, 0.4) is 0 Å². The first-order chi connectivity index (χ1) is 24.7. The van der Waals surface area contributed by atoms with Gasteiger partial charge in [0.1, 0.15) is 0 Å². The Morgan fingerprint density at radius 1 is 0.400 bits per heavy atom. The zero-order valence-corrected chi connectivity index (χ0v) is 27.5. The Hall–Kier alpha value is -6.66. The molecule has 8 aromatic rings. The molecule has 0 N–H and O–H groups in total. The van der Waals surface area contributed by atoms with Crippen LogP contribution in [0.5, 0.6) is 0 Å². The molecule has 2 aliphatic rings. The molecule has 0 aliphatic carbocycles. The molecule has 0 amide bonds. The second-order valence-electron chi connectivity index (χ2n) is 12.5. The van der Waals surface area contributed by atoms with Gasteiger partial charge < -0.3 is 18.6 Å². The molecule has 6 heteroatoms. The predicted octanol–water partition coefficient (Wildman–Crippen LogP) is 10.1. The summed E-state index contributed by atoms with van der Waals surface area (Å²) in [6.45, 7) is 0. The summed E-state index contributed by atoms with van der Waals surface area (Å²) in [6, 6.07) is 51.1. The van der Waals surface area contributed by atoms with Crippen molar-refractivity contribution in [2.24, 2.45) is 9.98 Å². The van der Waals surface area contributed by atoms with E-state index in [0.717, 1.165) is 66.5 Å². The number of hydrogen-bond donors (Lipinski definition) is 0. The third kappa shape index (κ3) is 4.02. The van der Waals surface area contributed by atoms with Gasteiger partial charge in [-0.2, -0.15) is 0 Å². The number of nitrogens with zero attached hydrogens (tertiary/aromatic N) is 4. The molecule has 0 fully saturated rings. The maximum absolute atomic E-state index is 6.59. The highest BCUT2D eigenvalue weighted by Crippen LogP contribution is 2.46. The van der Waals surface area contributed by atoms with Gasteiger partial charge in [-0.3, -0.25) is 9.98 Å². The van der Waals surface area contributed by atoms with Crippen LogP contribution in [0.25, 0.3) is 66.1 Å². The van der Waals surface area contributed by atoms with Crippen molar-refractivity contribution in [3.05, 3.63) is 168 Å². The first kappa shape index (κ1) is 28.4. The second kappa shape index (κ2) is 10.9. The molecule has 10 rings (SSSR count). The highest BCUT2D eigenvalue weighted by Gasteiger charge is 2.41. The van der Waals surface area contributed by atoms with Crippen LogP contribution in [-0.4, -0.2) is 35.0 Å². The molecule has 238 valence electrons. The van der Waals surface area contributed by atoms with E-state index < -0.39 is 0 Å². The summed E-state index contributed by atoms with van der Waals surface area (Å²) in [5.74, 6) is 2.32. The van der Waals surface area contributed by atoms with Gasteiger partial charge in [-0.15, -0.1) is 0 Å². The lowest BCUT2D eigenvalue weighted by atomic mass is 10.00. The minimum atomic E-state index is 0.524. The topological polar surface area (TPSA) is 53.0 Å². The van der Waals surface area contributed by atoms with E-state index in [-0.39, 0.29) is 0 Å². The van der Waals surface area contributed by atoms with Crippen molar-refractivity contribution >= 4 is 66.6 Å². The fourth-order valence-corrected chi connectivity index (χ4v) is 7.70. The third-order valence-electron chi connectivity index (χ3n) is 9.84. The lowest BCUT2D eigenvalue weighted by Crippen LogP contribution is -2.06. The minimum Gasteiger partial charge on any atom is -0.434 e. The average molecular weight is 647 g/mol. The number of ether oxygens (including phenoxy) is 2. The molecular weight excluding hydrogens is 617 g/mol. The van der Waals surface area contributed by atoms with Gasteiger partial charge >= 0.3 is 0 Å². The molecule has 0 saturated heterocycles. The second-order valence-corrected chi connectivity index (χ2v) is 12.5. The first-order valence-corrected chi connectivity index (χ1v) is 16.7. The van der Waals surface area contributed by atoms with E-state index in [1.807, 2.05) is 12.1 Å². The van der Waals surface area contributed by atoms with Crippen molar-refractivity contribution in [3.8, 4) is 11.4 Å². The van der Waals surface area contributed by atoms with E-state index in [1.54, 1.807) is 14.1 Å². The zero-order chi connectivity index (χ0) is 33.3. The van der Waals surface area contributed by atoms with Crippen LogP contribution >= 0.6 is 0 Å². The van der Waals surface area contributed by atoms with Gasteiger partial charge in [-0.25, -0.2) is 0 Å². The van der Waals surface area contributed by atoms with Crippen LogP contribution in [0.1, 0.15) is 11.1 Å². The Labute approximate surface area is 288 Å². The van der Waals surface area contributed by atoms with Crippen molar-refractivity contribution in [1.82, 2.24) is 9.13 Å². The van der Waals surface area contributed by atoms with Gasteiger partial charge in [0.15, 0.2) is 11.5 Å². The fraction of sp³-hybridized carbons (Fsp3) is 0.0455. The molecule has 6 nitrogen and oxygen atoms in total. The highest BCUT2D eigenvalue weighted by atomic mass is 16.6. The Morgan fingerprint density at radius 3 is 1.20 bits per heavy atom. The van der Waals surface area contributed by atoms with E-state index in [2.05, 4.69) is 153 Å². The number of para-hydroxylation sites is 4. The third-order valence-corrected chi connectivity index (χ3v) is 9.84. The van der Waals surface area contributed by atoms with Gasteiger partial charge in [-0.1, -0.05) is 84.9 Å². The van der Waals surface area contributed by atoms with Gasteiger partial charge in [0.2, 0.25) is 11.8 Å². The smallest absolute Gasteiger partial charge is 0.226 e. The molecular formula is C44H30N4O2. The van der Waals surface area contributed by atoms with Crippen molar-refractivity contribution in [2.45, 2.75) is 0 Å². The van der Waals surface area contributed by atoms with Crippen LogP contribution in [-0.2, 0) is 9.47 Å². The van der Waals surface area contributed by atoms with Crippen LogP contribution in [0.15, 0.2) is 167 Å². The van der Waals surface area contributed by atoms with Crippen LogP contribution in [0.4, 0.5) is 0 Å². The Kier molecular flexibility index (Phi) is 6.20. The Morgan fingerprint density at radius 2 is 0.780 bits per heavy atom. The SMILES string of the molecule is CN=C1OC2=C(c3ccc4c(c3)c3ccccc3n4-c3ccccc3)C(=NC)OC2=C1c1ccc2c(c1)c1ccccc1n2-c1ccccc1. The maximum atomic E-state index is 6.59. The number of hydrogen-bond acceptors (Lipinski definition) is 4. The van der Waals surface area contributed by atoms with E-state index in [9.17, 15) is 0 Å². The van der Waals surface area contributed by atoms with Crippen molar-refractivity contribution in [3.63, 3.8) is 0 Å². The molecule has 0 radical (unpaired) electrons. The summed E-state index contributed by atoms with van der Waals surface area (Å²) in [7, 11) is 3.52. The van der Waals surface area contributed by atoms with Crippen LogP contribution in [0.2, 0.25) is 0 Å². The zero-order valence-electron chi connectivity index (χ0n) is 27.5. The molecule has 4 heterocycles. The molecule has 0 saturated carbocycles. The lowest BCUT2D eigenvalue weighted by Gasteiger charge is -2.10. The lowest BCUT2D eigenvalue weighted by molar-refractivity contribution is 0.381.